The smallest absolute Gasteiger partial charge is 0.242 e. The van der Waals surface area contributed by atoms with Gasteiger partial charge in [-0.15, -0.1) is 0 Å². The summed E-state index contributed by atoms with van der Waals surface area (Å²) in [6.07, 6.45) is 1.97. The van der Waals surface area contributed by atoms with Crippen LogP contribution in [0.5, 0.6) is 0 Å². The first-order chi connectivity index (χ1) is 15.6. The van der Waals surface area contributed by atoms with Crippen molar-refractivity contribution in [3.8, 4) is 0 Å². The van der Waals surface area contributed by atoms with Crippen LogP contribution < -0.4 is 9.62 Å². The second-order valence-corrected chi connectivity index (χ2v) is 9.77. The van der Waals surface area contributed by atoms with E-state index >= 15 is 0 Å². The van der Waals surface area contributed by atoms with Crippen molar-refractivity contribution in [2.24, 2.45) is 0 Å². The predicted molar refractivity (Wildman–Crippen MR) is 128 cm³/mol. The normalized spacial score (nSPS) is 12.1. The van der Waals surface area contributed by atoms with Crippen LogP contribution >= 0.6 is 0 Å². The highest BCUT2D eigenvalue weighted by molar-refractivity contribution is 7.92. The molecule has 0 spiro atoms. The van der Waals surface area contributed by atoms with Crippen molar-refractivity contribution in [2.75, 3.05) is 23.7 Å². The van der Waals surface area contributed by atoms with E-state index in [1.807, 2.05) is 37.3 Å². The number of carbonyl (C=O) groups is 2. The molecule has 0 fully saturated rings. The summed E-state index contributed by atoms with van der Waals surface area (Å²) in [7, 11) is -3.74. The van der Waals surface area contributed by atoms with Crippen LogP contribution in [0.25, 0.3) is 0 Å². The quantitative estimate of drug-likeness (QED) is 0.508. The van der Waals surface area contributed by atoms with Gasteiger partial charge in [-0.3, -0.25) is 13.9 Å². The Labute approximate surface area is 195 Å². The van der Waals surface area contributed by atoms with Crippen LogP contribution in [0.15, 0.2) is 54.6 Å². The lowest BCUT2D eigenvalue weighted by Crippen LogP contribution is -2.47. The van der Waals surface area contributed by atoms with Crippen molar-refractivity contribution >= 4 is 27.5 Å². The maximum atomic E-state index is 14.2. The summed E-state index contributed by atoms with van der Waals surface area (Å²) < 4.78 is 39.7. The monoisotopic (exact) mass is 477 g/mol. The summed E-state index contributed by atoms with van der Waals surface area (Å²) in [5.41, 5.74) is 0.825. The summed E-state index contributed by atoms with van der Waals surface area (Å²) in [6, 6.07) is 14.3. The second-order valence-electron chi connectivity index (χ2n) is 7.86. The minimum atomic E-state index is -3.74. The van der Waals surface area contributed by atoms with Gasteiger partial charge in [-0.1, -0.05) is 49.4 Å². The van der Waals surface area contributed by atoms with Gasteiger partial charge in [0, 0.05) is 26.1 Å². The van der Waals surface area contributed by atoms with Gasteiger partial charge >= 0.3 is 0 Å². The number of anilines is 1. The van der Waals surface area contributed by atoms with Crippen LogP contribution in [-0.4, -0.2) is 50.5 Å². The number of halogens is 1. The summed E-state index contributed by atoms with van der Waals surface area (Å²) in [5.74, 6) is -1.17. The lowest BCUT2D eigenvalue weighted by atomic mass is 10.1. The molecule has 1 atom stereocenters. The molecule has 0 aliphatic heterocycles. The first kappa shape index (κ1) is 26.3. The number of para-hydroxylation sites is 1. The fourth-order valence-corrected chi connectivity index (χ4v) is 4.36. The van der Waals surface area contributed by atoms with Crippen LogP contribution in [0, 0.1) is 5.82 Å². The van der Waals surface area contributed by atoms with Gasteiger partial charge in [-0.25, -0.2) is 12.8 Å². The summed E-state index contributed by atoms with van der Waals surface area (Å²) >= 11 is 0. The molecular formula is C24H32FN3O4S. The van der Waals surface area contributed by atoms with E-state index in [0.29, 0.717) is 6.54 Å². The van der Waals surface area contributed by atoms with Gasteiger partial charge in [-0.2, -0.15) is 0 Å². The third kappa shape index (κ3) is 7.85. The number of benzene rings is 2. The predicted octanol–water partition coefficient (Wildman–Crippen LogP) is 3.32. The van der Waals surface area contributed by atoms with Crippen LogP contribution in [-0.2, 0) is 26.2 Å². The summed E-state index contributed by atoms with van der Waals surface area (Å²) in [5, 5.41) is 2.81. The molecule has 0 bridgehead atoms. The number of sulfonamides is 1. The zero-order valence-electron chi connectivity index (χ0n) is 19.3. The maximum Gasteiger partial charge on any atom is 0.242 e. The molecule has 7 nitrogen and oxygen atoms in total. The molecule has 2 amide bonds. The third-order valence-corrected chi connectivity index (χ3v) is 6.37. The highest BCUT2D eigenvalue weighted by Crippen LogP contribution is 2.22. The molecule has 0 aliphatic carbocycles. The fourth-order valence-electron chi connectivity index (χ4n) is 3.40. The molecule has 9 heteroatoms. The van der Waals surface area contributed by atoms with E-state index in [1.54, 1.807) is 13.0 Å². The van der Waals surface area contributed by atoms with E-state index in [1.165, 1.54) is 23.1 Å². The lowest BCUT2D eigenvalue weighted by Gasteiger charge is -2.29. The van der Waals surface area contributed by atoms with Crippen molar-refractivity contribution in [3.05, 3.63) is 66.0 Å². The van der Waals surface area contributed by atoms with Gasteiger partial charge in [0.05, 0.1) is 11.9 Å². The molecule has 0 aliphatic rings. The van der Waals surface area contributed by atoms with Crippen LogP contribution in [0.2, 0.25) is 0 Å². The molecule has 0 saturated carbocycles. The van der Waals surface area contributed by atoms with Crippen molar-refractivity contribution in [1.82, 2.24) is 10.2 Å². The molecule has 33 heavy (non-hydrogen) atoms. The van der Waals surface area contributed by atoms with Crippen LogP contribution in [0.3, 0.4) is 0 Å². The number of rotatable bonds is 12. The minimum absolute atomic E-state index is 0.0126. The first-order valence-corrected chi connectivity index (χ1v) is 12.8. The number of carbonyl (C=O) groups excluding carboxylic acids is 2. The van der Waals surface area contributed by atoms with E-state index in [2.05, 4.69) is 5.32 Å². The Morgan fingerprint density at radius 2 is 1.70 bits per heavy atom. The zero-order valence-corrected chi connectivity index (χ0v) is 20.1. The van der Waals surface area contributed by atoms with E-state index in [-0.39, 0.29) is 43.4 Å². The van der Waals surface area contributed by atoms with Gasteiger partial charge in [0.2, 0.25) is 21.8 Å². The number of hydrogen-bond donors (Lipinski definition) is 1. The van der Waals surface area contributed by atoms with Crippen LogP contribution in [0.1, 0.15) is 38.7 Å². The fraction of sp³-hybridized carbons (Fsp3) is 0.417. The van der Waals surface area contributed by atoms with Crippen molar-refractivity contribution in [2.45, 2.75) is 45.7 Å². The highest BCUT2D eigenvalue weighted by Gasteiger charge is 2.26. The Hall–Kier alpha value is -2.94. The molecule has 2 aromatic carbocycles. The minimum Gasteiger partial charge on any atom is -0.354 e. The summed E-state index contributed by atoms with van der Waals surface area (Å²) in [6.45, 7) is 4.34. The number of nitrogens with one attached hydrogen (secondary N) is 1. The van der Waals surface area contributed by atoms with E-state index in [4.69, 9.17) is 0 Å². The highest BCUT2D eigenvalue weighted by atomic mass is 32.2. The van der Waals surface area contributed by atoms with Gasteiger partial charge in [0.15, 0.2) is 0 Å². The summed E-state index contributed by atoms with van der Waals surface area (Å²) in [4.78, 5) is 27.1. The van der Waals surface area contributed by atoms with Crippen LogP contribution in [0.4, 0.5) is 10.1 Å². The molecule has 0 aromatic heterocycles. The lowest BCUT2D eigenvalue weighted by molar-refractivity contribution is -0.140. The Morgan fingerprint density at radius 1 is 1.06 bits per heavy atom. The van der Waals surface area contributed by atoms with Gasteiger partial charge in [-0.05, 0) is 37.5 Å². The Balaban J connectivity index is 2.13. The standard InChI is InChI=1S/C24H32FN3O4S/c1-4-16-26-24(30)19(2)27(18-20-11-6-5-7-12-20)23(29)15-10-17-28(33(3,31)32)22-14-9-8-13-21(22)25/h5-9,11-14,19H,4,10,15-18H2,1-3H3,(H,26,30)/t19-/m1/s1. The Kier molecular flexibility index (Phi) is 9.84. The van der Waals surface area contributed by atoms with Crippen molar-refractivity contribution in [3.63, 3.8) is 0 Å². The average Bonchev–Trinajstić information content (AvgIpc) is 2.78. The van der Waals surface area contributed by atoms with Crippen molar-refractivity contribution in [1.29, 1.82) is 0 Å². The third-order valence-electron chi connectivity index (χ3n) is 5.19. The van der Waals surface area contributed by atoms with E-state index in [9.17, 15) is 22.4 Å². The molecule has 2 rings (SSSR count). The van der Waals surface area contributed by atoms with E-state index < -0.39 is 21.9 Å². The van der Waals surface area contributed by atoms with Gasteiger partial charge in [0.1, 0.15) is 11.9 Å². The largest absolute Gasteiger partial charge is 0.354 e. The van der Waals surface area contributed by atoms with Gasteiger partial charge < -0.3 is 10.2 Å². The topological polar surface area (TPSA) is 86.8 Å². The first-order valence-electron chi connectivity index (χ1n) is 11.0. The van der Waals surface area contributed by atoms with E-state index in [0.717, 1.165) is 22.5 Å². The number of hydrogen-bond acceptors (Lipinski definition) is 4. The molecule has 0 saturated heterocycles. The molecule has 1 N–H and O–H groups in total. The second kappa shape index (κ2) is 12.3. The molecule has 0 heterocycles. The zero-order chi connectivity index (χ0) is 24.4. The number of amides is 2. The SMILES string of the molecule is CCCNC(=O)[C@@H](C)N(Cc1ccccc1)C(=O)CCCN(c1ccccc1F)S(C)(=O)=O. The van der Waals surface area contributed by atoms with Gasteiger partial charge in [0.25, 0.3) is 0 Å². The Bertz CT molecular complexity index is 1030. The molecule has 180 valence electrons. The Morgan fingerprint density at radius 3 is 2.30 bits per heavy atom. The maximum absolute atomic E-state index is 14.2. The van der Waals surface area contributed by atoms with Crippen molar-refractivity contribution < 1.29 is 22.4 Å². The molecule has 0 radical (unpaired) electrons. The molecule has 2 aromatic rings. The molecule has 0 unspecified atom stereocenters. The average molecular weight is 478 g/mol. The number of nitrogens with zero attached hydrogens (tertiary/aromatic N) is 2. The molecular weight excluding hydrogens is 445 g/mol.